The lowest BCUT2D eigenvalue weighted by Crippen LogP contribution is -2.33. The molecular weight excluding hydrogens is 251 g/mol. The fraction of sp³-hybridized carbons (Fsp3) is 0.462. The number of carbonyl (C=O) groups excluding carboxylic acids is 1. The summed E-state index contributed by atoms with van der Waals surface area (Å²) < 4.78 is 13.2. The van der Waals surface area contributed by atoms with Gasteiger partial charge in [0.15, 0.2) is 0 Å². The molecule has 18 heavy (non-hydrogen) atoms. The van der Waals surface area contributed by atoms with Gasteiger partial charge in [-0.05, 0) is 43.7 Å². The normalized spacial score (nSPS) is 23.0. The van der Waals surface area contributed by atoms with E-state index in [2.05, 4.69) is 11.6 Å². The van der Waals surface area contributed by atoms with Gasteiger partial charge in [0.25, 0.3) is 5.91 Å². The van der Waals surface area contributed by atoms with Crippen LogP contribution in [0.15, 0.2) is 18.2 Å². The highest BCUT2D eigenvalue weighted by molar-refractivity contribution is 7.99. The van der Waals surface area contributed by atoms with E-state index < -0.39 is 5.82 Å². The summed E-state index contributed by atoms with van der Waals surface area (Å²) in [5, 5.41) is 3.56. The minimum atomic E-state index is -0.478. The van der Waals surface area contributed by atoms with Gasteiger partial charge in [-0.1, -0.05) is 0 Å². The first kappa shape index (κ1) is 13.2. The number of carbonyl (C=O) groups is 1. The average molecular weight is 268 g/mol. The molecule has 2 atom stereocenters. The van der Waals surface area contributed by atoms with Crippen molar-refractivity contribution >= 4 is 23.4 Å². The van der Waals surface area contributed by atoms with Crippen molar-refractivity contribution in [3.63, 3.8) is 0 Å². The van der Waals surface area contributed by atoms with Gasteiger partial charge >= 0.3 is 0 Å². The van der Waals surface area contributed by atoms with Crippen molar-refractivity contribution in [2.75, 3.05) is 12.0 Å². The van der Waals surface area contributed by atoms with Crippen LogP contribution < -0.4 is 11.1 Å². The number of rotatable bonds is 3. The third-order valence-corrected chi connectivity index (χ3v) is 4.33. The van der Waals surface area contributed by atoms with E-state index in [0.29, 0.717) is 10.8 Å². The smallest absolute Gasteiger partial charge is 0.251 e. The molecule has 1 aliphatic carbocycles. The third kappa shape index (κ3) is 3.16. The van der Waals surface area contributed by atoms with Crippen LogP contribution >= 0.6 is 11.8 Å². The number of nitrogens with one attached hydrogen (secondary N) is 1. The molecule has 0 spiro atoms. The summed E-state index contributed by atoms with van der Waals surface area (Å²) in [7, 11) is 0. The minimum absolute atomic E-state index is 0.194. The molecule has 0 heterocycles. The zero-order chi connectivity index (χ0) is 13.1. The Hall–Kier alpha value is -1.23. The Kier molecular flexibility index (Phi) is 4.11. The quantitative estimate of drug-likeness (QED) is 0.828. The zero-order valence-corrected chi connectivity index (χ0v) is 11.1. The Morgan fingerprint density at radius 2 is 2.22 bits per heavy atom. The fourth-order valence-corrected chi connectivity index (χ4v) is 3.09. The molecule has 0 aliphatic heterocycles. The molecule has 0 aromatic heterocycles. The van der Waals surface area contributed by atoms with Crippen LogP contribution in [0.4, 0.5) is 10.1 Å². The molecule has 98 valence electrons. The summed E-state index contributed by atoms with van der Waals surface area (Å²) in [6.45, 7) is 0. The Bertz CT molecular complexity index is 432. The van der Waals surface area contributed by atoms with Crippen molar-refractivity contribution in [3.8, 4) is 0 Å². The number of thioether (sulfide) groups is 1. The second-order valence-electron chi connectivity index (χ2n) is 4.61. The van der Waals surface area contributed by atoms with Crippen LogP contribution in [-0.4, -0.2) is 23.5 Å². The Balaban J connectivity index is 1.99. The van der Waals surface area contributed by atoms with E-state index in [1.165, 1.54) is 18.2 Å². The number of nitrogens with two attached hydrogens (primary N) is 1. The van der Waals surface area contributed by atoms with Crippen molar-refractivity contribution < 1.29 is 9.18 Å². The van der Waals surface area contributed by atoms with Crippen molar-refractivity contribution in [2.24, 2.45) is 0 Å². The molecule has 0 saturated heterocycles. The van der Waals surface area contributed by atoms with E-state index in [1.807, 2.05) is 11.8 Å². The second kappa shape index (κ2) is 5.61. The standard InChI is InChI=1S/C13H17FN2OS/c1-18-12-3-2-11(7-12)16-13(17)8-4-9(14)6-10(15)5-8/h4-6,11-12H,2-3,7,15H2,1H3,(H,16,17). The summed E-state index contributed by atoms with van der Waals surface area (Å²) in [4.78, 5) is 12.0. The summed E-state index contributed by atoms with van der Waals surface area (Å²) in [6.07, 6.45) is 5.18. The largest absolute Gasteiger partial charge is 0.399 e. The minimum Gasteiger partial charge on any atom is -0.399 e. The van der Waals surface area contributed by atoms with Crippen LogP contribution in [0.3, 0.4) is 0 Å². The van der Waals surface area contributed by atoms with Gasteiger partial charge in [-0.25, -0.2) is 4.39 Å². The monoisotopic (exact) mass is 268 g/mol. The number of hydrogen-bond donors (Lipinski definition) is 2. The van der Waals surface area contributed by atoms with Crippen molar-refractivity contribution in [1.29, 1.82) is 0 Å². The highest BCUT2D eigenvalue weighted by Gasteiger charge is 2.25. The van der Waals surface area contributed by atoms with Crippen LogP contribution in [-0.2, 0) is 0 Å². The topological polar surface area (TPSA) is 55.1 Å². The van der Waals surface area contributed by atoms with Gasteiger partial charge in [-0.15, -0.1) is 0 Å². The fourth-order valence-electron chi connectivity index (χ4n) is 2.30. The number of halogens is 1. The van der Waals surface area contributed by atoms with Crippen LogP contribution in [0.5, 0.6) is 0 Å². The summed E-state index contributed by atoms with van der Waals surface area (Å²) in [5.41, 5.74) is 6.09. The predicted octanol–water partition coefficient (Wildman–Crippen LogP) is 2.42. The van der Waals surface area contributed by atoms with E-state index >= 15 is 0 Å². The molecule has 1 fully saturated rings. The van der Waals surface area contributed by atoms with Gasteiger partial charge in [0.1, 0.15) is 5.82 Å². The maximum absolute atomic E-state index is 13.2. The van der Waals surface area contributed by atoms with E-state index in [0.717, 1.165) is 19.3 Å². The van der Waals surface area contributed by atoms with Gasteiger partial charge in [0.05, 0.1) is 0 Å². The Morgan fingerprint density at radius 3 is 2.83 bits per heavy atom. The lowest BCUT2D eigenvalue weighted by molar-refractivity contribution is 0.0937. The van der Waals surface area contributed by atoms with Crippen molar-refractivity contribution in [1.82, 2.24) is 5.32 Å². The number of nitrogen functional groups attached to an aromatic ring is 1. The predicted molar refractivity (Wildman–Crippen MR) is 73.2 cm³/mol. The SMILES string of the molecule is CSC1CCC(NC(=O)c2cc(N)cc(F)c2)C1. The van der Waals surface area contributed by atoms with Crippen molar-refractivity contribution in [2.45, 2.75) is 30.6 Å². The van der Waals surface area contributed by atoms with E-state index in [1.54, 1.807) is 0 Å². The van der Waals surface area contributed by atoms with Crippen LogP contribution in [0, 0.1) is 5.82 Å². The first-order valence-electron chi connectivity index (χ1n) is 5.98. The molecule has 5 heteroatoms. The van der Waals surface area contributed by atoms with Gasteiger partial charge in [0, 0.05) is 22.5 Å². The highest BCUT2D eigenvalue weighted by atomic mass is 32.2. The van der Waals surface area contributed by atoms with Crippen molar-refractivity contribution in [3.05, 3.63) is 29.6 Å². The van der Waals surface area contributed by atoms with E-state index in [4.69, 9.17) is 5.73 Å². The van der Waals surface area contributed by atoms with Crippen LogP contribution in [0.1, 0.15) is 29.6 Å². The molecular formula is C13H17FN2OS. The van der Waals surface area contributed by atoms with Gasteiger partial charge in [0.2, 0.25) is 0 Å². The van der Waals surface area contributed by atoms with Crippen LogP contribution in [0.25, 0.3) is 0 Å². The zero-order valence-electron chi connectivity index (χ0n) is 10.3. The lowest BCUT2D eigenvalue weighted by Gasteiger charge is -2.13. The van der Waals surface area contributed by atoms with Gasteiger partial charge in [-0.2, -0.15) is 11.8 Å². The Labute approximate surface area is 110 Å². The van der Waals surface area contributed by atoms with Gasteiger partial charge < -0.3 is 11.1 Å². The maximum Gasteiger partial charge on any atom is 0.251 e. The highest BCUT2D eigenvalue weighted by Crippen LogP contribution is 2.28. The van der Waals surface area contributed by atoms with E-state index in [9.17, 15) is 9.18 Å². The number of anilines is 1. The number of hydrogen-bond acceptors (Lipinski definition) is 3. The summed E-state index contributed by atoms with van der Waals surface area (Å²) in [5.74, 6) is -0.721. The maximum atomic E-state index is 13.2. The van der Waals surface area contributed by atoms with E-state index in [-0.39, 0.29) is 17.6 Å². The molecule has 0 bridgehead atoms. The average Bonchev–Trinajstić information content (AvgIpc) is 2.75. The molecule has 2 unspecified atom stereocenters. The van der Waals surface area contributed by atoms with Crippen LogP contribution in [0.2, 0.25) is 0 Å². The summed E-state index contributed by atoms with van der Waals surface area (Å²) in [6, 6.07) is 4.11. The molecule has 1 aromatic rings. The molecule has 1 saturated carbocycles. The molecule has 3 N–H and O–H groups in total. The molecule has 3 nitrogen and oxygen atoms in total. The first-order valence-corrected chi connectivity index (χ1v) is 7.27. The molecule has 0 radical (unpaired) electrons. The van der Waals surface area contributed by atoms with Gasteiger partial charge in [-0.3, -0.25) is 4.79 Å². The molecule has 1 aromatic carbocycles. The molecule has 1 amide bonds. The lowest BCUT2D eigenvalue weighted by atomic mass is 10.1. The first-order chi connectivity index (χ1) is 8.58. The number of benzene rings is 1. The molecule has 2 rings (SSSR count). The number of amides is 1. The summed E-state index contributed by atoms with van der Waals surface area (Å²) >= 11 is 1.83. The second-order valence-corrected chi connectivity index (χ2v) is 5.75. The Morgan fingerprint density at radius 1 is 1.44 bits per heavy atom. The third-order valence-electron chi connectivity index (χ3n) is 3.24. The molecule has 1 aliphatic rings.